The van der Waals surface area contributed by atoms with Crippen LogP contribution in [-0.2, 0) is 4.79 Å². The van der Waals surface area contributed by atoms with Crippen LogP contribution in [0.5, 0.6) is 5.75 Å². The molecule has 0 aliphatic heterocycles. The molecule has 0 saturated carbocycles. The normalized spacial score (nSPS) is 12.4. The molecule has 0 radical (unpaired) electrons. The Morgan fingerprint density at radius 2 is 1.88 bits per heavy atom. The average molecular weight is 366 g/mol. The van der Waals surface area contributed by atoms with E-state index in [0.717, 1.165) is 25.1 Å². The number of hydrogen-bond acceptors (Lipinski definition) is 4. The van der Waals surface area contributed by atoms with Crippen molar-refractivity contribution in [2.75, 3.05) is 19.7 Å². The molecular weight excluding hydrogens is 342 g/mol. The zero-order valence-electron chi connectivity index (χ0n) is 14.8. The standard InChI is InChI=1S/C15H24FNO.C2HF3O2/c1-5-13(4)17(6-2)9-10-18-15-8-7-12(3)11-14(15)16;3-2(4,5)1(6)7/h7-8,11,13H,5-6,9-10H2,1-4H3;(H,6,7)/p-1. The van der Waals surface area contributed by atoms with Gasteiger partial charge in [0.2, 0.25) is 0 Å². The van der Waals surface area contributed by atoms with Crippen LogP contribution in [0.15, 0.2) is 18.2 Å². The Kier molecular flexibility index (Phi) is 10.1. The summed E-state index contributed by atoms with van der Waals surface area (Å²) < 4.78 is 50.6. The summed E-state index contributed by atoms with van der Waals surface area (Å²) in [6, 6.07) is 5.61. The number of aryl methyl sites for hydroxylation is 1. The topological polar surface area (TPSA) is 52.6 Å². The van der Waals surface area contributed by atoms with Crippen LogP contribution in [0.2, 0.25) is 0 Å². The third-order valence-electron chi connectivity index (χ3n) is 3.58. The van der Waals surface area contributed by atoms with Crippen LogP contribution in [0.4, 0.5) is 17.6 Å². The fraction of sp³-hybridized carbons (Fsp3) is 0.588. The number of alkyl halides is 3. The highest BCUT2D eigenvalue weighted by atomic mass is 19.4. The van der Waals surface area contributed by atoms with Crippen molar-refractivity contribution >= 4 is 5.97 Å². The summed E-state index contributed by atoms with van der Waals surface area (Å²) in [5.74, 6) is -2.94. The van der Waals surface area contributed by atoms with E-state index >= 15 is 0 Å². The molecule has 0 aromatic heterocycles. The highest BCUT2D eigenvalue weighted by Gasteiger charge is 2.28. The van der Waals surface area contributed by atoms with E-state index in [2.05, 4.69) is 25.7 Å². The van der Waals surface area contributed by atoms with Gasteiger partial charge >= 0.3 is 6.18 Å². The molecule has 1 aromatic carbocycles. The number of aliphatic carboxylic acids is 1. The van der Waals surface area contributed by atoms with Crippen molar-refractivity contribution in [3.8, 4) is 5.75 Å². The maximum absolute atomic E-state index is 13.5. The van der Waals surface area contributed by atoms with Gasteiger partial charge in [-0.25, -0.2) is 4.39 Å². The van der Waals surface area contributed by atoms with Gasteiger partial charge in [-0.15, -0.1) is 0 Å². The second kappa shape index (κ2) is 10.9. The minimum absolute atomic E-state index is 0.276. The lowest BCUT2D eigenvalue weighted by Crippen LogP contribution is -2.37. The van der Waals surface area contributed by atoms with Gasteiger partial charge in [-0.3, -0.25) is 4.90 Å². The zero-order valence-corrected chi connectivity index (χ0v) is 14.8. The predicted octanol–water partition coefficient (Wildman–Crippen LogP) is 2.93. The van der Waals surface area contributed by atoms with Crippen LogP contribution in [0, 0.1) is 12.7 Å². The summed E-state index contributed by atoms with van der Waals surface area (Å²) in [5.41, 5.74) is 0.912. The number of nitrogens with zero attached hydrogens (tertiary/aromatic N) is 1. The summed E-state index contributed by atoms with van der Waals surface area (Å²) in [6.07, 6.45) is -4.08. The van der Waals surface area contributed by atoms with Crippen molar-refractivity contribution < 1.29 is 32.2 Å². The van der Waals surface area contributed by atoms with Crippen LogP contribution in [0.1, 0.15) is 32.8 Å². The quantitative estimate of drug-likeness (QED) is 0.697. The number of carbonyl (C=O) groups excluding carboxylic acids is 1. The molecule has 0 N–H and O–H groups in total. The van der Waals surface area contributed by atoms with E-state index < -0.39 is 12.1 Å². The average Bonchev–Trinajstić information content (AvgIpc) is 2.52. The number of rotatable bonds is 7. The molecule has 0 aliphatic rings. The molecule has 0 amide bonds. The first-order chi connectivity index (χ1) is 11.5. The van der Waals surface area contributed by atoms with Crippen molar-refractivity contribution in [2.24, 2.45) is 0 Å². The SMILES string of the molecule is CCC(C)N(CC)CCOc1ccc(C)cc1F.O=C([O-])C(F)(F)F. The Hall–Kier alpha value is -1.83. The molecule has 0 bridgehead atoms. The molecule has 1 unspecified atom stereocenters. The third-order valence-corrected chi connectivity index (χ3v) is 3.58. The molecule has 1 rings (SSSR count). The number of benzene rings is 1. The number of carboxylic acid groups (broad SMARTS) is 1. The summed E-state index contributed by atoms with van der Waals surface area (Å²) in [4.78, 5) is 11.1. The number of carboxylic acids is 1. The number of ether oxygens (including phenoxy) is 1. The fourth-order valence-electron chi connectivity index (χ4n) is 1.94. The van der Waals surface area contributed by atoms with E-state index in [0.29, 0.717) is 18.4 Å². The van der Waals surface area contributed by atoms with E-state index in [1.807, 2.05) is 13.0 Å². The first kappa shape index (κ1) is 23.2. The van der Waals surface area contributed by atoms with E-state index in [-0.39, 0.29) is 5.82 Å². The monoisotopic (exact) mass is 366 g/mol. The Morgan fingerprint density at radius 1 is 1.32 bits per heavy atom. The van der Waals surface area contributed by atoms with Gasteiger partial charge in [-0.05, 0) is 44.5 Å². The van der Waals surface area contributed by atoms with Gasteiger partial charge < -0.3 is 14.6 Å². The molecule has 8 heteroatoms. The van der Waals surface area contributed by atoms with E-state index in [1.165, 1.54) is 6.07 Å². The highest BCUT2D eigenvalue weighted by molar-refractivity contribution is 5.70. The van der Waals surface area contributed by atoms with Crippen molar-refractivity contribution in [3.05, 3.63) is 29.6 Å². The summed E-state index contributed by atoms with van der Waals surface area (Å²) in [7, 11) is 0. The van der Waals surface area contributed by atoms with E-state index in [1.54, 1.807) is 6.07 Å². The van der Waals surface area contributed by atoms with Crippen molar-refractivity contribution in [1.82, 2.24) is 4.90 Å². The van der Waals surface area contributed by atoms with Gasteiger partial charge in [-0.2, -0.15) is 13.2 Å². The Bertz CT molecular complexity index is 535. The lowest BCUT2D eigenvalue weighted by Gasteiger charge is -2.26. The Balaban J connectivity index is 0.000000697. The van der Waals surface area contributed by atoms with Crippen LogP contribution in [-0.4, -0.2) is 42.8 Å². The van der Waals surface area contributed by atoms with E-state index in [4.69, 9.17) is 14.6 Å². The number of carbonyl (C=O) groups is 1. The summed E-state index contributed by atoms with van der Waals surface area (Å²) in [6.45, 7) is 10.7. The molecule has 0 fully saturated rings. The zero-order chi connectivity index (χ0) is 19.6. The van der Waals surface area contributed by atoms with Gasteiger partial charge in [0.25, 0.3) is 0 Å². The second-order valence-electron chi connectivity index (χ2n) is 5.45. The maximum atomic E-state index is 13.5. The number of hydrogen-bond donors (Lipinski definition) is 0. The van der Waals surface area contributed by atoms with E-state index in [9.17, 15) is 17.6 Å². The van der Waals surface area contributed by atoms with Gasteiger partial charge in [0.15, 0.2) is 11.6 Å². The minimum Gasteiger partial charge on any atom is -0.542 e. The Labute approximate surface area is 145 Å². The lowest BCUT2D eigenvalue weighted by molar-refractivity contribution is -0.344. The highest BCUT2D eigenvalue weighted by Crippen LogP contribution is 2.18. The molecule has 0 saturated heterocycles. The molecule has 1 aromatic rings. The fourth-order valence-corrected chi connectivity index (χ4v) is 1.94. The van der Waals surface area contributed by atoms with Gasteiger partial charge in [0.1, 0.15) is 12.6 Å². The van der Waals surface area contributed by atoms with Crippen molar-refractivity contribution in [2.45, 2.75) is 46.3 Å². The molecule has 25 heavy (non-hydrogen) atoms. The number of likely N-dealkylation sites (N-methyl/N-ethyl adjacent to an activating group) is 1. The molecule has 144 valence electrons. The van der Waals surface area contributed by atoms with Crippen LogP contribution in [0.25, 0.3) is 0 Å². The molecule has 0 aliphatic carbocycles. The van der Waals surface area contributed by atoms with Crippen LogP contribution < -0.4 is 9.84 Å². The van der Waals surface area contributed by atoms with Gasteiger partial charge in [0.05, 0.1) is 0 Å². The predicted molar refractivity (Wildman–Crippen MR) is 84.7 cm³/mol. The largest absolute Gasteiger partial charge is 0.542 e. The van der Waals surface area contributed by atoms with Crippen molar-refractivity contribution in [1.29, 1.82) is 0 Å². The van der Waals surface area contributed by atoms with Crippen LogP contribution in [0.3, 0.4) is 0 Å². The van der Waals surface area contributed by atoms with Crippen molar-refractivity contribution in [3.63, 3.8) is 0 Å². The van der Waals surface area contributed by atoms with Crippen LogP contribution >= 0.6 is 0 Å². The summed E-state index contributed by atoms with van der Waals surface area (Å²) >= 11 is 0. The summed E-state index contributed by atoms with van der Waals surface area (Å²) in [5, 5.41) is 8.78. The minimum atomic E-state index is -5.19. The molecule has 0 spiro atoms. The molecular formula is C17H24F4NO3-. The van der Waals surface area contributed by atoms with Gasteiger partial charge in [0, 0.05) is 12.6 Å². The molecule has 0 heterocycles. The second-order valence-corrected chi connectivity index (χ2v) is 5.45. The molecule has 4 nitrogen and oxygen atoms in total. The Morgan fingerprint density at radius 3 is 2.28 bits per heavy atom. The third kappa shape index (κ3) is 9.28. The lowest BCUT2D eigenvalue weighted by atomic mass is 10.2. The smallest absolute Gasteiger partial charge is 0.430 e. The first-order valence-corrected chi connectivity index (χ1v) is 7.94. The first-order valence-electron chi connectivity index (χ1n) is 7.94. The molecule has 1 atom stereocenters. The van der Waals surface area contributed by atoms with Gasteiger partial charge in [-0.1, -0.05) is 19.9 Å². The number of halogens is 4. The maximum Gasteiger partial charge on any atom is 0.430 e.